The summed E-state index contributed by atoms with van der Waals surface area (Å²) in [5.74, 6) is 0.743. The molecule has 1 saturated heterocycles. The molecule has 0 spiro atoms. The molecule has 0 aromatic carbocycles. The number of anilines is 1. The van der Waals surface area contributed by atoms with Gasteiger partial charge in [-0.05, 0) is 42.1 Å². The minimum atomic E-state index is -0.444. The molecule has 0 saturated carbocycles. The van der Waals surface area contributed by atoms with Crippen molar-refractivity contribution in [2.24, 2.45) is 5.73 Å². The van der Waals surface area contributed by atoms with Crippen molar-refractivity contribution in [2.45, 2.75) is 38.3 Å². The Morgan fingerprint density at radius 1 is 1.63 bits per heavy atom. The van der Waals surface area contributed by atoms with E-state index in [0.717, 1.165) is 31.6 Å². The van der Waals surface area contributed by atoms with Gasteiger partial charge < -0.3 is 10.6 Å². The molecule has 19 heavy (non-hydrogen) atoms. The molecule has 104 valence electrons. The second-order valence-electron chi connectivity index (χ2n) is 4.87. The lowest BCUT2D eigenvalue weighted by Gasteiger charge is -2.39. The van der Waals surface area contributed by atoms with Crippen LogP contribution in [-0.2, 0) is 0 Å². The number of halogens is 1. The number of piperidine rings is 1. The van der Waals surface area contributed by atoms with E-state index in [0.29, 0.717) is 4.47 Å². The molecule has 1 aliphatic rings. The molecule has 0 radical (unpaired) electrons. The van der Waals surface area contributed by atoms with Crippen molar-refractivity contribution in [1.29, 1.82) is 0 Å². The van der Waals surface area contributed by atoms with Gasteiger partial charge in [-0.3, -0.25) is 10.1 Å². The van der Waals surface area contributed by atoms with Crippen LogP contribution in [0.2, 0.25) is 0 Å². The third-order valence-electron chi connectivity index (χ3n) is 3.45. The van der Waals surface area contributed by atoms with Crippen LogP contribution in [0.4, 0.5) is 11.5 Å². The average Bonchev–Trinajstić information content (AvgIpc) is 2.38. The van der Waals surface area contributed by atoms with E-state index in [1.165, 1.54) is 12.3 Å². The molecule has 6 nitrogen and oxygen atoms in total. The predicted octanol–water partition coefficient (Wildman–Crippen LogP) is 2.46. The zero-order valence-corrected chi connectivity index (χ0v) is 12.3. The minimum Gasteiger partial charge on any atom is -0.351 e. The summed E-state index contributed by atoms with van der Waals surface area (Å²) in [5, 5.41) is 10.7. The fourth-order valence-corrected chi connectivity index (χ4v) is 3.06. The molecule has 1 aliphatic heterocycles. The average molecular weight is 329 g/mol. The lowest BCUT2D eigenvalue weighted by Crippen LogP contribution is -2.49. The van der Waals surface area contributed by atoms with Crippen molar-refractivity contribution in [2.75, 3.05) is 11.4 Å². The second kappa shape index (κ2) is 5.83. The first-order valence-corrected chi connectivity index (χ1v) is 7.12. The van der Waals surface area contributed by atoms with E-state index in [1.807, 2.05) is 6.92 Å². The summed E-state index contributed by atoms with van der Waals surface area (Å²) in [6, 6.07) is 1.78. The van der Waals surface area contributed by atoms with Crippen molar-refractivity contribution >= 4 is 27.4 Å². The van der Waals surface area contributed by atoms with Crippen molar-refractivity contribution in [3.63, 3.8) is 0 Å². The van der Waals surface area contributed by atoms with Gasteiger partial charge in [0.1, 0.15) is 12.0 Å². The summed E-state index contributed by atoms with van der Waals surface area (Å²) in [4.78, 5) is 16.7. The van der Waals surface area contributed by atoms with Gasteiger partial charge in [0.15, 0.2) is 0 Å². The van der Waals surface area contributed by atoms with E-state index in [-0.39, 0.29) is 17.8 Å². The number of nitro groups is 1. The van der Waals surface area contributed by atoms with Gasteiger partial charge in [0.25, 0.3) is 5.69 Å². The Morgan fingerprint density at radius 3 is 2.95 bits per heavy atom. The monoisotopic (exact) mass is 328 g/mol. The zero-order chi connectivity index (χ0) is 14.0. The number of nitrogens with zero attached hydrogens (tertiary/aromatic N) is 3. The normalized spacial score (nSPS) is 21.2. The van der Waals surface area contributed by atoms with Crippen LogP contribution in [0.3, 0.4) is 0 Å². The number of nitrogens with two attached hydrogens (primary N) is 1. The van der Waals surface area contributed by atoms with E-state index >= 15 is 0 Å². The standard InChI is InChI=1S/C12H17BrN4O2/c1-8(14)11-4-2-3-5-16(11)12-10(13)6-9(7-15-12)17(18)19/h6-8,11H,2-5,14H2,1H3. The van der Waals surface area contributed by atoms with Crippen LogP contribution in [-0.4, -0.2) is 28.5 Å². The maximum atomic E-state index is 10.7. The van der Waals surface area contributed by atoms with Gasteiger partial charge >= 0.3 is 0 Å². The fourth-order valence-electron chi connectivity index (χ4n) is 2.50. The van der Waals surface area contributed by atoms with Gasteiger partial charge in [-0.15, -0.1) is 0 Å². The topological polar surface area (TPSA) is 85.3 Å². The Bertz CT molecular complexity index is 481. The molecular weight excluding hydrogens is 312 g/mol. The highest BCUT2D eigenvalue weighted by molar-refractivity contribution is 9.10. The van der Waals surface area contributed by atoms with Crippen molar-refractivity contribution in [3.8, 4) is 0 Å². The van der Waals surface area contributed by atoms with Crippen LogP contribution in [0.15, 0.2) is 16.7 Å². The third-order valence-corrected chi connectivity index (χ3v) is 4.03. The van der Waals surface area contributed by atoms with Crippen LogP contribution in [0.1, 0.15) is 26.2 Å². The molecule has 1 fully saturated rings. The first kappa shape index (κ1) is 14.2. The van der Waals surface area contributed by atoms with E-state index in [2.05, 4.69) is 25.8 Å². The molecule has 2 N–H and O–H groups in total. The third kappa shape index (κ3) is 3.03. The Balaban J connectivity index is 2.31. The number of hydrogen-bond acceptors (Lipinski definition) is 5. The molecule has 2 unspecified atom stereocenters. The Kier molecular flexibility index (Phi) is 4.36. The van der Waals surface area contributed by atoms with Gasteiger partial charge in [-0.25, -0.2) is 4.98 Å². The van der Waals surface area contributed by atoms with E-state index < -0.39 is 4.92 Å². The largest absolute Gasteiger partial charge is 0.351 e. The number of hydrogen-bond donors (Lipinski definition) is 1. The molecule has 2 atom stereocenters. The molecule has 0 bridgehead atoms. The maximum Gasteiger partial charge on any atom is 0.288 e. The molecular formula is C12H17BrN4O2. The Hall–Kier alpha value is -1.21. The summed E-state index contributed by atoms with van der Waals surface area (Å²) in [6.07, 6.45) is 4.58. The minimum absolute atomic E-state index is 0.00928. The number of rotatable bonds is 3. The first-order chi connectivity index (χ1) is 9.00. The zero-order valence-electron chi connectivity index (χ0n) is 10.8. The summed E-state index contributed by atoms with van der Waals surface area (Å²) < 4.78 is 0.647. The van der Waals surface area contributed by atoms with E-state index in [1.54, 1.807) is 0 Å². The molecule has 0 aliphatic carbocycles. The van der Waals surface area contributed by atoms with Crippen molar-refractivity contribution < 1.29 is 4.92 Å². The summed E-state index contributed by atoms with van der Waals surface area (Å²) >= 11 is 3.38. The SMILES string of the molecule is CC(N)C1CCCCN1c1ncc([N+](=O)[O-])cc1Br. The van der Waals surface area contributed by atoms with Crippen LogP contribution >= 0.6 is 15.9 Å². The van der Waals surface area contributed by atoms with Gasteiger partial charge in [0, 0.05) is 24.7 Å². The van der Waals surface area contributed by atoms with Gasteiger partial charge in [0.2, 0.25) is 0 Å². The lowest BCUT2D eigenvalue weighted by atomic mass is 9.97. The van der Waals surface area contributed by atoms with Crippen LogP contribution in [0.5, 0.6) is 0 Å². The Labute approximate surface area is 120 Å². The van der Waals surface area contributed by atoms with E-state index in [4.69, 9.17) is 5.73 Å². The summed E-state index contributed by atoms with van der Waals surface area (Å²) in [7, 11) is 0. The van der Waals surface area contributed by atoms with Crippen LogP contribution < -0.4 is 10.6 Å². The van der Waals surface area contributed by atoms with Gasteiger partial charge in [0.05, 0.1) is 9.40 Å². The maximum absolute atomic E-state index is 10.7. The van der Waals surface area contributed by atoms with Crippen LogP contribution in [0.25, 0.3) is 0 Å². The molecule has 1 aromatic rings. The molecule has 1 aromatic heterocycles. The Morgan fingerprint density at radius 2 is 2.37 bits per heavy atom. The molecule has 2 rings (SSSR count). The van der Waals surface area contributed by atoms with Crippen molar-refractivity contribution in [3.05, 3.63) is 26.9 Å². The quantitative estimate of drug-likeness (QED) is 0.680. The molecule has 2 heterocycles. The van der Waals surface area contributed by atoms with Gasteiger partial charge in [-0.2, -0.15) is 0 Å². The molecule has 0 amide bonds. The smallest absolute Gasteiger partial charge is 0.288 e. The van der Waals surface area contributed by atoms with Crippen LogP contribution in [0, 0.1) is 10.1 Å². The first-order valence-electron chi connectivity index (χ1n) is 6.33. The summed E-state index contributed by atoms with van der Waals surface area (Å²) in [6.45, 7) is 2.87. The highest BCUT2D eigenvalue weighted by Crippen LogP contribution is 2.32. The second-order valence-corrected chi connectivity index (χ2v) is 5.73. The highest BCUT2D eigenvalue weighted by Gasteiger charge is 2.28. The highest BCUT2D eigenvalue weighted by atomic mass is 79.9. The predicted molar refractivity (Wildman–Crippen MR) is 77.2 cm³/mol. The van der Waals surface area contributed by atoms with E-state index in [9.17, 15) is 10.1 Å². The van der Waals surface area contributed by atoms with Crippen molar-refractivity contribution in [1.82, 2.24) is 4.98 Å². The number of aromatic nitrogens is 1. The fraction of sp³-hybridized carbons (Fsp3) is 0.583. The summed E-state index contributed by atoms with van der Waals surface area (Å²) in [5.41, 5.74) is 6.02. The number of pyridine rings is 1. The van der Waals surface area contributed by atoms with Gasteiger partial charge in [-0.1, -0.05) is 0 Å². The lowest BCUT2D eigenvalue weighted by molar-refractivity contribution is -0.385. The molecule has 7 heteroatoms.